The normalized spacial score (nSPS) is 26.7. The maximum Gasteiger partial charge on any atom is 0.265 e. The predicted molar refractivity (Wildman–Crippen MR) is 116 cm³/mol. The minimum Gasteiger partial charge on any atom is -0.479 e. The van der Waals surface area contributed by atoms with Crippen LogP contribution >= 0.6 is 12.4 Å². The van der Waals surface area contributed by atoms with Crippen LogP contribution in [-0.2, 0) is 9.59 Å². The molecule has 2 aliphatic heterocycles. The van der Waals surface area contributed by atoms with Crippen LogP contribution in [0.4, 0.5) is 5.69 Å². The number of likely N-dealkylation sites (tertiary alicyclic amines) is 1. The van der Waals surface area contributed by atoms with Crippen molar-refractivity contribution in [1.29, 1.82) is 0 Å². The third-order valence-corrected chi connectivity index (χ3v) is 6.44. The Labute approximate surface area is 183 Å². The van der Waals surface area contributed by atoms with Gasteiger partial charge in [-0.15, -0.1) is 12.4 Å². The molecule has 3 atom stereocenters. The molecule has 8 heteroatoms. The van der Waals surface area contributed by atoms with Gasteiger partial charge >= 0.3 is 0 Å². The second-order valence-corrected chi connectivity index (χ2v) is 8.55. The molecule has 30 heavy (non-hydrogen) atoms. The zero-order chi connectivity index (χ0) is 20.5. The van der Waals surface area contributed by atoms with Gasteiger partial charge in [0.05, 0.1) is 5.69 Å². The van der Waals surface area contributed by atoms with Gasteiger partial charge in [0.25, 0.3) is 5.91 Å². The summed E-state index contributed by atoms with van der Waals surface area (Å²) in [7, 11) is 0. The van der Waals surface area contributed by atoms with E-state index in [-0.39, 0.29) is 47.9 Å². The van der Waals surface area contributed by atoms with E-state index in [1.807, 2.05) is 4.90 Å². The number of amides is 2. The summed E-state index contributed by atoms with van der Waals surface area (Å²) in [5.74, 6) is 0.569. The summed E-state index contributed by atoms with van der Waals surface area (Å²) < 4.78 is 5.55. The number of hydrogen-bond acceptors (Lipinski definition) is 5. The van der Waals surface area contributed by atoms with E-state index in [1.165, 1.54) is 0 Å². The number of nitrogens with two attached hydrogens (primary N) is 1. The van der Waals surface area contributed by atoms with Crippen molar-refractivity contribution in [1.82, 2.24) is 4.90 Å². The zero-order valence-electron chi connectivity index (χ0n) is 17.3. The third-order valence-electron chi connectivity index (χ3n) is 6.44. The van der Waals surface area contributed by atoms with Crippen molar-refractivity contribution in [3.8, 4) is 5.75 Å². The average molecular weight is 436 g/mol. The van der Waals surface area contributed by atoms with Crippen LogP contribution in [0.5, 0.6) is 5.75 Å². The van der Waals surface area contributed by atoms with Crippen LogP contribution in [0.3, 0.4) is 0 Å². The van der Waals surface area contributed by atoms with Gasteiger partial charge in [-0.05, 0) is 57.2 Å². The Bertz CT molecular complexity index is 823. The van der Waals surface area contributed by atoms with Gasteiger partial charge in [0.15, 0.2) is 11.9 Å². The molecule has 3 N–H and O–H groups in total. The molecule has 1 aromatic carbocycles. The molecule has 164 valence electrons. The van der Waals surface area contributed by atoms with E-state index in [1.54, 1.807) is 25.1 Å². The van der Waals surface area contributed by atoms with Crippen LogP contribution in [-0.4, -0.2) is 47.7 Å². The molecule has 0 bridgehead atoms. The summed E-state index contributed by atoms with van der Waals surface area (Å²) >= 11 is 0. The van der Waals surface area contributed by atoms with Crippen LogP contribution in [0, 0.1) is 11.8 Å². The van der Waals surface area contributed by atoms with Gasteiger partial charge in [-0.2, -0.15) is 0 Å². The fourth-order valence-electron chi connectivity index (χ4n) is 4.67. The third kappa shape index (κ3) is 4.62. The van der Waals surface area contributed by atoms with Crippen molar-refractivity contribution < 1.29 is 19.1 Å². The first-order chi connectivity index (χ1) is 13.9. The van der Waals surface area contributed by atoms with Gasteiger partial charge in [-0.3, -0.25) is 14.4 Å². The number of nitrogens with one attached hydrogen (secondary N) is 1. The van der Waals surface area contributed by atoms with Crippen molar-refractivity contribution >= 4 is 35.7 Å². The van der Waals surface area contributed by atoms with Gasteiger partial charge < -0.3 is 20.7 Å². The number of rotatable bonds is 3. The van der Waals surface area contributed by atoms with Gasteiger partial charge in [0, 0.05) is 36.5 Å². The molecule has 1 saturated heterocycles. The molecule has 2 amide bonds. The smallest absolute Gasteiger partial charge is 0.265 e. The molecule has 3 aliphatic rings. The summed E-state index contributed by atoms with van der Waals surface area (Å²) in [6.07, 6.45) is 4.52. The summed E-state index contributed by atoms with van der Waals surface area (Å²) in [5.41, 5.74) is 7.15. The fraction of sp³-hybridized carbons (Fsp3) is 0.591. The molecule has 2 fully saturated rings. The Balaban J connectivity index is 0.00000256. The lowest BCUT2D eigenvalue weighted by Gasteiger charge is -2.35. The molecule has 2 heterocycles. The maximum absolute atomic E-state index is 13.0. The largest absolute Gasteiger partial charge is 0.479 e. The van der Waals surface area contributed by atoms with E-state index in [0.29, 0.717) is 42.9 Å². The van der Waals surface area contributed by atoms with E-state index in [4.69, 9.17) is 10.5 Å². The SMILES string of the molecule is CC1Oc2ccc(C(=O)C3CCN(C(=O)C4CCCC(N)C4)CC3)cc2NC1=O.Cl. The molecule has 1 aliphatic carbocycles. The van der Waals surface area contributed by atoms with Gasteiger partial charge in [0.1, 0.15) is 5.75 Å². The van der Waals surface area contributed by atoms with Gasteiger partial charge in [0.2, 0.25) is 5.91 Å². The number of carbonyl (C=O) groups excluding carboxylic acids is 3. The molecule has 0 spiro atoms. The molecule has 3 unspecified atom stereocenters. The topological polar surface area (TPSA) is 102 Å². The molecule has 1 aromatic rings. The van der Waals surface area contributed by atoms with Gasteiger partial charge in [-0.25, -0.2) is 0 Å². The first-order valence-corrected chi connectivity index (χ1v) is 10.6. The lowest BCUT2D eigenvalue weighted by Crippen LogP contribution is -2.45. The first-order valence-electron chi connectivity index (χ1n) is 10.6. The van der Waals surface area contributed by atoms with E-state index in [0.717, 1.165) is 25.7 Å². The Morgan fingerprint density at radius 1 is 1.13 bits per heavy atom. The molecule has 1 saturated carbocycles. The van der Waals surface area contributed by atoms with Crippen LogP contribution in [0.2, 0.25) is 0 Å². The average Bonchev–Trinajstić information content (AvgIpc) is 2.73. The van der Waals surface area contributed by atoms with Crippen molar-refractivity contribution in [3.05, 3.63) is 23.8 Å². The molecule has 0 aromatic heterocycles. The number of nitrogens with zero attached hydrogens (tertiary/aromatic N) is 1. The molecule has 4 rings (SSSR count). The van der Waals surface area contributed by atoms with E-state index < -0.39 is 6.10 Å². The number of benzene rings is 1. The molecular formula is C22H30ClN3O4. The summed E-state index contributed by atoms with van der Waals surface area (Å²) in [6, 6.07) is 5.33. The van der Waals surface area contributed by atoms with Crippen molar-refractivity contribution in [2.75, 3.05) is 18.4 Å². The van der Waals surface area contributed by atoms with Crippen molar-refractivity contribution in [3.63, 3.8) is 0 Å². The highest BCUT2D eigenvalue weighted by molar-refractivity contribution is 6.02. The molecule has 0 radical (unpaired) electrons. The van der Waals surface area contributed by atoms with Crippen LogP contribution in [0.1, 0.15) is 55.8 Å². The minimum atomic E-state index is -0.537. The Morgan fingerprint density at radius 3 is 2.57 bits per heavy atom. The highest BCUT2D eigenvalue weighted by Gasteiger charge is 2.33. The Kier molecular flexibility index (Phi) is 7.03. The Hall–Kier alpha value is -2.12. The van der Waals surface area contributed by atoms with Crippen LogP contribution in [0.15, 0.2) is 18.2 Å². The number of anilines is 1. The monoisotopic (exact) mass is 435 g/mol. The zero-order valence-corrected chi connectivity index (χ0v) is 18.1. The predicted octanol–water partition coefficient (Wildman–Crippen LogP) is 2.77. The fourth-order valence-corrected chi connectivity index (χ4v) is 4.67. The number of carbonyl (C=O) groups is 3. The molecule has 7 nitrogen and oxygen atoms in total. The molecular weight excluding hydrogens is 406 g/mol. The number of halogens is 1. The number of fused-ring (bicyclic) bond motifs is 1. The first kappa shape index (κ1) is 22.6. The lowest BCUT2D eigenvalue weighted by atomic mass is 9.84. The quantitative estimate of drug-likeness (QED) is 0.711. The van der Waals surface area contributed by atoms with Crippen LogP contribution in [0.25, 0.3) is 0 Å². The number of Topliss-reactive ketones (excluding diaryl/α,β-unsaturated/α-hetero) is 1. The van der Waals surface area contributed by atoms with E-state index in [2.05, 4.69) is 5.32 Å². The number of piperidine rings is 1. The number of hydrogen-bond donors (Lipinski definition) is 2. The second kappa shape index (κ2) is 9.35. The maximum atomic E-state index is 13.0. The van der Waals surface area contributed by atoms with E-state index >= 15 is 0 Å². The summed E-state index contributed by atoms with van der Waals surface area (Å²) in [6.45, 7) is 2.92. The van der Waals surface area contributed by atoms with Gasteiger partial charge in [-0.1, -0.05) is 6.42 Å². The van der Waals surface area contributed by atoms with Crippen molar-refractivity contribution in [2.24, 2.45) is 17.6 Å². The van der Waals surface area contributed by atoms with E-state index in [9.17, 15) is 14.4 Å². The highest BCUT2D eigenvalue weighted by Crippen LogP contribution is 2.33. The number of ketones is 1. The van der Waals surface area contributed by atoms with Crippen LogP contribution < -0.4 is 15.8 Å². The Morgan fingerprint density at radius 2 is 1.87 bits per heavy atom. The van der Waals surface area contributed by atoms with Crippen molar-refractivity contribution in [2.45, 2.75) is 57.6 Å². The second-order valence-electron chi connectivity index (χ2n) is 8.55. The minimum absolute atomic E-state index is 0. The lowest BCUT2D eigenvalue weighted by molar-refractivity contribution is -0.138. The summed E-state index contributed by atoms with van der Waals surface area (Å²) in [5, 5.41) is 2.79. The summed E-state index contributed by atoms with van der Waals surface area (Å²) in [4.78, 5) is 39.5. The highest BCUT2D eigenvalue weighted by atomic mass is 35.5. The number of ether oxygens (including phenoxy) is 1. The standard InChI is InChI=1S/C22H29N3O4.ClH/c1-13-21(27)24-18-12-15(5-6-19(18)29-13)20(26)14-7-9-25(10-8-14)22(28)16-3-2-4-17(23)11-16;/h5-6,12-14,16-17H,2-4,7-11,23H2,1H3,(H,24,27);1H.